The van der Waals surface area contributed by atoms with Crippen LogP contribution in [0, 0.1) is 13.8 Å². The van der Waals surface area contributed by atoms with Gasteiger partial charge in [-0.15, -0.1) is 0 Å². The monoisotopic (exact) mass is 365 g/mol. The minimum absolute atomic E-state index is 0.0289. The summed E-state index contributed by atoms with van der Waals surface area (Å²) in [6.45, 7) is 5.37. The number of nitrogens with zero attached hydrogens (tertiary/aromatic N) is 1. The average Bonchev–Trinajstić information content (AvgIpc) is 2.84. The van der Waals surface area contributed by atoms with E-state index in [-0.39, 0.29) is 34.5 Å². The summed E-state index contributed by atoms with van der Waals surface area (Å²) in [6, 6.07) is 4.36. The van der Waals surface area contributed by atoms with E-state index in [0.29, 0.717) is 12.2 Å². The number of esters is 1. The summed E-state index contributed by atoms with van der Waals surface area (Å²) in [5.41, 5.74) is 2.37. The highest BCUT2D eigenvalue weighted by Gasteiger charge is 2.19. The molecular formula is C18H20ClNO5. The van der Waals surface area contributed by atoms with E-state index in [1.807, 2.05) is 25.5 Å². The quantitative estimate of drug-likeness (QED) is 0.626. The van der Waals surface area contributed by atoms with E-state index in [9.17, 15) is 14.7 Å². The van der Waals surface area contributed by atoms with Crippen LogP contribution in [0.5, 0.6) is 11.5 Å². The Kier molecular flexibility index (Phi) is 5.74. The molecule has 1 N–H and O–H groups in total. The van der Waals surface area contributed by atoms with Gasteiger partial charge in [0.15, 0.2) is 18.1 Å². The molecule has 2 aromatic rings. The lowest BCUT2D eigenvalue weighted by Gasteiger charge is -2.10. The SMILES string of the molecule is CCOc1cc(C(=O)OCC(=O)c2cc(C)n(C)c2C)cc(Cl)c1O. The molecule has 25 heavy (non-hydrogen) atoms. The van der Waals surface area contributed by atoms with Crippen molar-refractivity contribution >= 4 is 23.4 Å². The summed E-state index contributed by atoms with van der Waals surface area (Å²) in [5, 5.41) is 9.77. The second-order valence-corrected chi connectivity index (χ2v) is 5.99. The predicted molar refractivity (Wildman–Crippen MR) is 93.8 cm³/mol. The molecule has 0 saturated heterocycles. The Balaban J connectivity index is 2.12. The van der Waals surface area contributed by atoms with Gasteiger partial charge in [0.1, 0.15) is 0 Å². The zero-order chi connectivity index (χ0) is 18.7. The molecule has 1 heterocycles. The molecule has 1 aromatic carbocycles. The molecule has 0 aliphatic carbocycles. The predicted octanol–water partition coefficient (Wildman–Crippen LogP) is 3.44. The highest BCUT2D eigenvalue weighted by atomic mass is 35.5. The van der Waals surface area contributed by atoms with Gasteiger partial charge in [0.2, 0.25) is 5.78 Å². The molecule has 0 bridgehead atoms. The zero-order valence-corrected chi connectivity index (χ0v) is 15.3. The molecule has 6 nitrogen and oxygen atoms in total. The summed E-state index contributed by atoms with van der Waals surface area (Å²) in [5.74, 6) is -1.17. The molecule has 0 fully saturated rings. The molecular weight excluding hydrogens is 346 g/mol. The smallest absolute Gasteiger partial charge is 0.338 e. The summed E-state index contributed by atoms with van der Waals surface area (Å²) in [7, 11) is 1.86. The molecule has 0 saturated carbocycles. The maximum Gasteiger partial charge on any atom is 0.338 e. The van der Waals surface area contributed by atoms with Gasteiger partial charge in [-0.25, -0.2) is 4.79 Å². The average molecular weight is 366 g/mol. The van der Waals surface area contributed by atoms with Crippen molar-refractivity contribution in [2.45, 2.75) is 20.8 Å². The molecule has 0 amide bonds. The van der Waals surface area contributed by atoms with Crippen LogP contribution in [0.1, 0.15) is 39.0 Å². The fourth-order valence-corrected chi connectivity index (χ4v) is 2.60. The number of phenols is 1. The number of ketones is 1. The highest BCUT2D eigenvalue weighted by molar-refractivity contribution is 6.32. The van der Waals surface area contributed by atoms with Crippen LogP contribution in [-0.4, -0.2) is 34.6 Å². The summed E-state index contributed by atoms with van der Waals surface area (Å²) >= 11 is 5.89. The summed E-state index contributed by atoms with van der Waals surface area (Å²) in [4.78, 5) is 24.5. The summed E-state index contributed by atoms with van der Waals surface area (Å²) < 4.78 is 12.2. The molecule has 134 valence electrons. The first-order valence-corrected chi connectivity index (χ1v) is 8.12. The van der Waals surface area contributed by atoms with Crippen molar-refractivity contribution in [1.29, 1.82) is 0 Å². The first-order valence-electron chi connectivity index (χ1n) is 7.74. The number of aromatic nitrogens is 1. The van der Waals surface area contributed by atoms with E-state index >= 15 is 0 Å². The number of carbonyl (C=O) groups excluding carboxylic acids is 2. The molecule has 0 atom stereocenters. The molecule has 2 rings (SSSR count). The van der Waals surface area contributed by atoms with Crippen molar-refractivity contribution < 1.29 is 24.2 Å². The van der Waals surface area contributed by atoms with Gasteiger partial charge in [-0.3, -0.25) is 4.79 Å². The summed E-state index contributed by atoms with van der Waals surface area (Å²) in [6.07, 6.45) is 0. The Bertz CT molecular complexity index is 825. The third-order valence-corrected chi connectivity index (χ3v) is 4.26. The maximum atomic E-state index is 12.3. The minimum Gasteiger partial charge on any atom is -0.503 e. The van der Waals surface area contributed by atoms with Gasteiger partial charge in [-0.1, -0.05) is 11.6 Å². The number of halogens is 1. The van der Waals surface area contributed by atoms with Crippen LogP contribution in [0.3, 0.4) is 0 Å². The Morgan fingerprint density at radius 2 is 1.92 bits per heavy atom. The van der Waals surface area contributed by atoms with Gasteiger partial charge in [-0.2, -0.15) is 0 Å². The lowest BCUT2D eigenvalue weighted by atomic mass is 10.1. The first kappa shape index (κ1) is 18.9. The van der Waals surface area contributed by atoms with E-state index in [1.54, 1.807) is 13.0 Å². The minimum atomic E-state index is -0.721. The number of hydrogen-bond donors (Lipinski definition) is 1. The third kappa shape index (κ3) is 3.96. The Morgan fingerprint density at radius 3 is 2.48 bits per heavy atom. The van der Waals surface area contributed by atoms with Gasteiger partial charge >= 0.3 is 5.97 Å². The lowest BCUT2D eigenvalue weighted by molar-refractivity contribution is 0.0474. The van der Waals surface area contributed by atoms with Gasteiger partial charge in [0.25, 0.3) is 0 Å². The van der Waals surface area contributed by atoms with Gasteiger partial charge < -0.3 is 19.1 Å². The Labute approximate surface area is 150 Å². The fourth-order valence-electron chi connectivity index (χ4n) is 2.39. The number of rotatable bonds is 6. The maximum absolute atomic E-state index is 12.3. The van der Waals surface area contributed by atoms with Crippen molar-refractivity contribution in [3.8, 4) is 11.5 Å². The second kappa shape index (κ2) is 7.61. The highest BCUT2D eigenvalue weighted by Crippen LogP contribution is 2.35. The topological polar surface area (TPSA) is 77.8 Å². The Morgan fingerprint density at radius 1 is 1.24 bits per heavy atom. The van der Waals surface area contributed by atoms with Crippen molar-refractivity contribution in [1.82, 2.24) is 4.57 Å². The Hall–Kier alpha value is -2.47. The van der Waals surface area contributed by atoms with Gasteiger partial charge in [0.05, 0.1) is 17.2 Å². The van der Waals surface area contributed by atoms with Crippen molar-refractivity contribution in [3.05, 3.63) is 45.7 Å². The number of hydrogen-bond acceptors (Lipinski definition) is 5. The van der Waals surface area contributed by atoms with Crippen LogP contribution in [0.2, 0.25) is 5.02 Å². The van der Waals surface area contributed by atoms with Crippen LogP contribution < -0.4 is 4.74 Å². The van der Waals surface area contributed by atoms with E-state index in [4.69, 9.17) is 21.1 Å². The van der Waals surface area contributed by atoms with Crippen molar-refractivity contribution in [2.24, 2.45) is 7.05 Å². The van der Waals surface area contributed by atoms with E-state index in [0.717, 1.165) is 11.4 Å². The molecule has 0 aliphatic heterocycles. The number of benzene rings is 1. The van der Waals surface area contributed by atoms with Crippen LogP contribution >= 0.6 is 11.6 Å². The molecule has 1 aromatic heterocycles. The van der Waals surface area contributed by atoms with E-state index in [2.05, 4.69) is 0 Å². The number of aromatic hydroxyl groups is 1. The standard InChI is InChI=1S/C18H20ClNO5/c1-5-24-16-8-12(7-14(19)17(16)22)18(23)25-9-15(21)13-6-10(2)20(4)11(13)3/h6-8,22H,5,9H2,1-4H3. The van der Waals surface area contributed by atoms with Crippen LogP contribution in [0.15, 0.2) is 18.2 Å². The first-order chi connectivity index (χ1) is 11.8. The number of Topliss-reactive ketones (excluding diaryl/α,β-unsaturated/α-hetero) is 1. The number of carbonyl (C=O) groups is 2. The molecule has 0 aliphatic rings. The number of aryl methyl sites for hydroxylation is 1. The second-order valence-electron chi connectivity index (χ2n) is 5.58. The van der Waals surface area contributed by atoms with E-state index < -0.39 is 5.97 Å². The molecule has 0 radical (unpaired) electrons. The third-order valence-electron chi connectivity index (χ3n) is 3.97. The van der Waals surface area contributed by atoms with Crippen LogP contribution in [-0.2, 0) is 11.8 Å². The van der Waals surface area contributed by atoms with Gasteiger partial charge in [-0.05, 0) is 39.0 Å². The zero-order valence-electron chi connectivity index (χ0n) is 14.6. The van der Waals surface area contributed by atoms with Crippen LogP contribution in [0.25, 0.3) is 0 Å². The van der Waals surface area contributed by atoms with Gasteiger partial charge in [0, 0.05) is 24.0 Å². The number of ether oxygens (including phenoxy) is 2. The van der Waals surface area contributed by atoms with E-state index in [1.165, 1.54) is 12.1 Å². The molecule has 7 heteroatoms. The largest absolute Gasteiger partial charge is 0.503 e. The number of phenolic OH excluding ortho intramolecular Hbond substituents is 1. The van der Waals surface area contributed by atoms with Crippen molar-refractivity contribution in [3.63, 3.8) is 0 Å². The normalized spacial score (nSPS) is 10.6. The molecule has 0 unspecified atom stereocenters. The lowest BCUT2D eigenvalue weighted by Crippen LogP contribution is -2.15. The molecule has 0 spiro atoms. The van der Waals surface area contributed by atoms with Crippen molar-refractivity contribution in [2.75, 3.05) is 13.2 Å². The fraction of sp³-hybridized carbons (Fsp3) is 0.333. The van der Waals surface area contributed by atoms with Crippen LogP contribution in [0.4, 0.5) is 0 Å².